The standard InChI is InChI=1S/C17H18FN3/c1-11(2)19-10-13-14(18)8-9-15-16(13)21-17(20-15)12-6-4-3-5-7-12/h3-9,11,19H,10H2,1-2H3,(H,20,21). The van der Waals surface area contributed by atoms with Crippen LogP contribution in [-0.2, 0) is 6.54 Å². The number of H-pyrrole nitrogens is 1. The summed E-state index contributed by atoms with van der Waals surface area (Å²) < 4.78 is 14.1. The molecule has 0 bridgehead atoms. The van der Waals surface area contributed by atoms with E-state index in [4.69, 9.17) is 0 Å². The molecular formula is C17H18FN3. The molecule has 3 nitrogen and oxygen atoms in total. The molecule has 0 radical (unpaired) electrons. The summed E-state index contributed by atoms with van der Waals surface area (Å²) in [7, 11) is 0. The Labute approximate surface area is 123 Å². The van der Waals surface area contributed by atoms with Crippen LogP contribution in [0.3, 0.4) is 0 Å². The molecule has 2 N–H and O–H groups in total. The van der Waals surface area contributed by atoms with E-state index in [0.29, 0.717) is 23.7 Å². The van der Waals surface area contributed by atoms with Gasteiger partial charge in [0.25, 0.3) is 0 Å². The highest BCUT2D eigenvalue weighted by atomic mass is 19.1. The van der Waals surface area contributed by atoms with Crippen LogP contribution in [0.2, 0.25) is 0 Å². The predicted octanol–water partition coefficient (Wildman–Crippen LogP) is 3.87. The molecule has 21 heavy (non-hydrogen) atoms. The summed E-state index contributed by atoms with van der Waals surface area (Å²) in [5.74, 6) is 0.545. The van der Waals surface area contributed by atoms with Crippen molar-refractivity contribution in [2.45, 2.75) is 26.4 Å². The second-order valence-corrected chi connectivity index (χ2v) is 5.41. The van der Waals surface area contributed by atoms with Gasteiger partial charge in [0, 0.05) is 23.7 Å². The number of nitrogens with one attached hydrogen (secondary N) is 2. The van der Waals surface area contributed by atoms with Crippen molar-refractivity contribution in [2.75, 3.05) is 0 Å². The predicted molar refractivity (Wildman–Crippen MR) is 83.5 cm³/mol. The lowest BCUT2D eigenvalue weighted by Gasteiger charge is -2.09. The number of fused-ring (bicyclic) bond motifs is 1. The van der Waals surface area contributed by atoms with Gasteiger partial charge in [-0.05, 0) is 12.1 Å². The minimum absolute atomic E-state index is 0.221. The van der Waals surface area contributed by atoms with Crippen LogP contribution in [0.5, 0.6) is 0 Å². The molecule has 108 valence electrons. The summed E-state index contributed by atoms with van der Waals surface area (Å²) in [6.07, 6.45) is 0. The molecule has 0 aliphatic carbocycles. The van der Waals surface area contributed by atoms with Crippen molar-refractivity contribution in [3.8, 4) is 11.4 Å². The minimum atomic E-state index is -0.221. The third-order valence-electron chi connectivity index (χ3n) is 3.44. The lowest BCUT2D eigenvalue weighted by molar-refractivity contribution is 0.556. The molecule has 0 atom stereocenters. The maximum Gasteiger partial charge on any atom is 0.138 e. The van der Waals surface area contributed by atoms with Crippen LogP contribution >= 0.6 is 0 Å². The van der Waals surface area contributed by atoms with E-state index in [1.54, 1.807) is 6.07 Å². The fraction of sp³-hybridized carbons (Fsp3) is 0.235. The van der Waals surface area contributed by atoms with E-state index in [1.807, 2.05) is 44.2 Å². The zero-order valence-electron chi connectivity index (χ0n) is 12.2. The Bertz CT molecular complexity index is 747. The Balaban J connectivity index is 2.06. The Morgan fingerprint density at radius 3 is 2.62 bits per heavy atom. The lowest BCUT2D eigenvalue weighted by Crippen LogP contribution is -2.22. The van der Waals surface area contributed by atoms with Crippen LogP contribution in [0.1, 0.15) is 19.4 Å². The quantitative estimate of drug-likeness (QED) is 0.763. The second kappa shape index (κ2) is 5.66. The molecule has 0 aliphatic rings. The van der Waals surface area contributed by atoms with Crippen molar-refractivity contribution < 1.29 is 4.39 Å². The number of hydrogen-bond acceptors (Lipinski definition) is 2. The number of imidazole rings is 1. The summed E-state index contributed by atoms with van der Waals surface area (Å²) >= 11 is 0. The van der Waals surface area contributed by atoms with Crippen LogP contribution in [-0.4, -0.2) is 16.0 Å². The van der Waals surface area contributed by atoms with Gasteiger partial charge in [0.05, 0.1) is 11.0 Å². The molecule has 3 rings (SSSR count). The first-order valence-electron chi connectivity index (χ1n) is 7.11. The fourth-order valence-electron chi connectivity index (χ4n) is 2.31. The SMILES string of the molecule is CC(C)NCc1c(F)ccc2[nH]c(-c3ccccc3)nc12. The second-order valence-electron chi connectivity index (χ2n) is 5.41. The van der Waals surface area contributed by atoms with E-state index in [1.165, 1.54) is 6.07 Å². The molecule has 0 saturated heterocycles. The average molecular weight is 283 g/mol. The topological polar surface area (TPSA) is 40.7 Å². The molecule has 0 amide bonds. The summed E-state index contributed by atoms with van der Waals surface area (Å²) in [5.41, 5.74) is 3.16. The Kier molecular flexibility index (Phi) is 3.71. The Hall–Kier alpha value is -2.20. The van der Waals surface area contributed by atoms with Gasteiger partial charge in [-0.3, -0.25) is 0 Å². The molecule has 0 saturated carbocycles. The average Bonchev–Trinajstić information content (AvgIpc) is 2.91. The van der Waals surface area contributed by atoms with Gasteiger partial charge in [-0.2, -0.15) is 0 Å². The van der Waals surface area contributed by atoms with Crippen LogP contribution in [0.25, 0.3) is 22.4 Å². The van der Waals surface area contributed by atoms with Gasteiger partial charge in [-0.25, -0.2) is 9.37 Å². The summed E-state index contributed by atoms with van der Waals surface area (Å²) in [5, 5.41) is 3.25. The van der Waals surface area contributed by atoms with Gasteiger partial charge < -0.3 is 10.3 Å². The van der Waals surface area contributed by atoms with Gasteiger partial charge in [-0.15, -0.1) is 0 Å². The number of benzene rings is 2. The van der Waals surface area contributed by atoms with Crippen LogP contribution in [0.15, 0.2) is 42.5 Å². The first-order valence-corrected chi connectivity index (χ1v) is 7.11. The van der Waals surface area contributed by atoms with Crippen LogP contribution in [0.4, 0.5) is 4.39 Å². The van der Waals surface area contributed by atoms with E-state index < -0.39 is 0 Å². The molecule has 1 aromatic heterocycles. The summed E-state index contributed by atoms with van der Waals surface area (Å²) in [6.45, 7) is 4.55. The number of hydrogen-bond donors (Lipinski definition) is 2. The van der Waals surface area contributed by atoms with Gasteiger partial charge >= 0.3 is 0 Å². The summed E-state index contributed by atoms with van der Waals surface area (Å²) in [4.78, 5) is 7.85. The van der Waals surface area contributed by atoms with Crippen LogP contribution < -0.4 is 5.32 Å². The number of aromatic amines is 1. The van der Waals surface area contributed by atoms with E-state index >= 15 is 0 Å². The van der Waals surface area contributed by atoms with E-state index in [-0.39, 0.29) is 5.82 Å². The number of halogens is 1. The maximum atomic E-state index is 14.1. The van der Waals surface area contributed by atoms with Crippen molar-refractivity contribution in [3.63, 3.8) is 0 Å². The number of rotatable bonds is 4. The van der Waals surface area contributed by atoms with E-state index in [2.05, 4.69) is 15.3 Å². The monoisotopic (exact) mass is 283 g/mol. The molecule has 1 heterocycles. The number of nitrogens with zero attached hydrogens (tertiary/aromatic N) is 1. The van der Waals surface area contributed by atoms with Crippen molar-refractivity contribution >= 4 is 11.0 Å². The maximum absolute atomic E-state index is 14.1. The molecule has 0 unspecified atom stereocenters. The van der Waals surface area contributed by atoms with Gasteiger partial charge in [-0.1, -0.05) is 44.2 Å². The first kappa shape index (κ1) is 13.8. The van der Waals surface area contributed by atoms with Crippen LogP contribution in [0, 0.1) is 5.82 Å². The molecule has 0 fully saturated rings. The van der Waals surface area contributed by atoms with Gasteiger partial charge in [0.15, 0.2) is 0 Å². The lowest BCUT2D eigenvalue weighted by atomic mass is 10.1. The Morgan fingerprint density at radius 2 is 1.90 bits per heavy atom. The fourth-order valence-corrected chi connectivity index (χ4v) is 2.31. The summed E-state index contributed by atoms with van der Waals surface area (Å²) in [6, 6.07) is 13.4. The van der Waals surface area contributed by atoms with E-state index in [0.717, 1.165) is 16.9 Å². The number of aromatic nitrogens is 2. The van der Waals surface area contributed by atoms with Crippen molar-refractivity contribution in [2.24, 2.45) is 0 Å². The van der Waals surface area contributed by atoms with Crippen molar-refractivity contribution in [3.05, 3.63) is 53.8 Å². The highest BCUT2D eigenvalue weighted by Crippen LogP contribution is 2.24. The first-order chi connectivity index (χ1) is 10.1. The molecule has 0 spiro atoms. The molecule has 0 aliphatic heterocycles. The smallest absolute Gasteiger partial charge is 0.138 e. The zero-order chi connectivity index (χ0) is 14.8. The van der Waals surface area contributed by atoms with Gasteiger partial charge in [0.1, 0.15) is 11.6 Å². The van der Waals surface area contributed by atoms with Crippen molar-refractivity contribution in [1.82, 2.24) is 15.3 Å². The third-order valence-corrected chi connectivity index (χ3v) is 3.44. The minimum Gasteiger partial charge on any atom is -0.338 e. The highest BCUT2D eigenvalue weighted by molar-refractivity contribution is 5.82. The highest BCUT2D eigenvalue weighted by Gasteiger charge is 2.13. The van der Waals surface area contributed by atoms with E-state index in [9.17, 15) is 4.39 Å². The third kappa shape index (κ3) is 2.81. The van der Waals surface area contributed by atoms with Gasteiger partial charge in [0.2, 0.25) is 0 Å². The zero-order valence-corrected chi connectivity index (χ0v) is 12.2. The molecule has 4 heteroatoms. The molecule has 3 aromatic rings. The molecule has 2 aromatic carbocycles. The normalized spacial score (nSPS) is 11.4. The Morgan fingerprint density at radius 1 is 1.14 bits per heavy atom. The molecular weight excluding hydrogens is 265 g/mol. The largest absolute Gasteiger partial charge is 0.338 e. The van der Waals surface area contributed by atoms with Crippen molar-refractivity contribution in [1.29, 1.82) is 0 Å².